The summed E-state index contributed by atoms with van der Waals surface area (Å²) in [4.78, 5) is 29.9. The average molecular weight is 427 g/mol. The largest absolute Gasteiger partial charge is 0.381 e. The van der Waals surface area contributed by atoms with Gasteiger partial charge in [0.15, 0.2) is 9.84 Å². The molecule has 3 aliphatic heterocycles. The third kappa shape index (κ3) is 3.97. The molecule has 0 unspecified atom stereocenters. The van der Waals surface area contributed by atoms with E-state index in [2.05, 4.69) is 0 Å². The van der Waals surface area contributed by atoms with Crippen molar-refractivity contribution in [2.45, 2.75) is 37.0 Å². The van der Waals surface area contributed by atoms with Crippen molar-refractivity contribution in [2.24, 2.45) is 5.92 Å². The molecule has 0 N–H and O–H groups in total. The summed E-state index contributed by atoms with van der Waals surface area (Å²) < 4.78 is 30.8. The predicted octanol–water partition coefficient (Wildman–Crippen LogP) is 1.46. The van der Waals surface area contributed by atoms with Crippen LogP contribution in [0, 0.1) is 5.92 Å². The highest BCUT2D eigenvalue weighted by Crippen LogP contribution is 2.33. The number of rotatable bonds is 3. The normalized spacial score (nSPS) is 29.1. The van der Waals surface area contributed by atoms with Gasteiger partial charge in [-0.1, -0.05) is 6.07 Å². The lowest BCUT2D eigenvalue weighted by molar-refractivity contribution is -0.135. The van der Waals surface area contributed by atoms with Crippen LogP contribution < -0.4 is 0 Å². The van der Waals surface area contributed by atoms with Crippen LogP contribution in [0.4, 0.5) is 0 Å². The Hall–Kier alpha value is -1.45. The predicted molar refractivity (Wildman–Crippen MR) is 106 cm³/mol. The average Bonchev–Trinajstić information content (AvgIpc) is 3.31. The molecule has 0 saturated carbocycles. The number of amides is 2. The maximum absolute atomic E-state index is 13.1. The SMILES string of the molecule is O=C([C@H]1CC(=O)N(C2CCOCC2)C1)N1CC[C@@H](c2cccs2)S(=O)(=O)CC1. The van der Waals surface area contributed by atoms with Gasteiger partial charge in [0.1, 0.15) is 0 Å². The molecular formula is C19H26N2O5S2. The molecular weight excluding hydrogens is 400 g/mol. The van der Waals surface area contributed by atoms with Gasteiger partial charge in [-0.15, -0.1) is 11.3 Å². The molecule has 2 atom stereocenters. The number of hydrogen-bond acceptors (Lipinski definition) is 6. The van der Waals surface area contributed by atoms with Gasteiger partial charge in [0, 0.05) is 50.2 Å². The summed E-state index contributed by atoms with van der Waals surface area (Å²) in [6.45, 7) is 2.38. The van der Waals surface area contributed by atoms with Gasteiger partial charge < -0.3 is 14.5 Å². The van der Waals surface area contributed by atoms with Crippen LogP contribution in [-0.4, -0.2) is 74.7 Å². The van der Waals surface area contributed by atoms with Crippen LogP contribution in [0.15, 0.2) is 17.5 Å². The number of carbonyl (C=O) groups is 2. The Bertz CT molecular complexity index is 817. The summed E-state index contributed by atoms with van der Waals surface area (Å²) in [7, 11) is -3.29. The molecule has 3 aliphatic rings. The van der Waals surface area contributed by atoms with Crippen molar-refractivity contribution >= 4 is 33.0 Å². The van der Waals surface area contributed by atoms with Gasteiger partial charge in [-0.25, -0.2) is 8.42 Å². The Morgan fingerprint density at radius 2 is 1.96 bits per heavy atom. The second kappa shape index (κ2) is 8.12. The van der Waals surface area contributed by atoms with Gasteiger partial charge in [0.05, 0.1) is 16.9 Å². The van der Waals surface area contributed by atoms with Crippen molar-refractivity contribution in [3.05, 3.63) is 22.4 Å². The second-order valence-electron chi connectivity index (χ2n) is 7.78. The third-order valence-electron chi connectivity index (χ3n) is 6.05. The van der Waals surface area contributed by atoms with Gasteiger partial charge in [0.2, 0.25) is 11.8 Å². The zero-order valence-electron chi connectivity index (χ0n) is 15.8. The molecule has 0 spiro atoms. The fourth-order valence-electron chi connectivity index (χ4n) is 4.46. The topological polar surface area (TPSA) is 84.0 Å². The number of ether oxygens (including phenoxy) is 1. The van der Waals surface area contributed by atoms with Crippen molar-refractivity contribution in [3.63, 3.8) is 0 Å². The van der Waals surface area contributed by atoms with Gasteiger partial charge >= 0.3 is 0 Å². The summed E-state index contributed by atoms with van der Waals surface area (Å²) in [5, 5.41) is 1.35. The van der Waals surface area contributed by atoms with Gasteiger partial charge in [-0.05, 0) is 30.7 Å². The Morgan fingerprint density at radius 3 is 2.68 bits per heavy atom. The summed E-state index contributed by atoms with van der Waals surface area (Å²) in [6, 6.07) is 3.87. The Balaban J connectivity index is 1.42. The van der Waals surface area contributed by atoms with E-state index < -0.39 is 15.1 Å². The zero-order valence-corrected chi connectivity index (χ0v) is 17.4. The minimum Gasteiger partial charge on any atom is -0.381 e. The van der Waals surface area contributed by atoms with Crippen molar-refractivity contribution in [1.82, 2.24) is 9.80 Å². The zero-order chi connectivity index (χ0) is 19.7. The van der Waals surface area contributed by atoms with E-state index in [1.165, 1.54) is 11.3 Å². The molecule has 0 aliphatic carbocycles. The first-order valence-electron chi connectivity index (χ1n) is 9.86. The maximum atomic E-state index is 13.1. The molecule has 4 rings (SSSR count). The van der Waals surface area contributed by atoms with Gasteiger partial charge in [0.25, 0.3) is 0 Å². The molecule has 9 heteroatoms. The van der Waals surface area contributed by atoms with E-state index in [-0.39, 0.29) is 42.5 Å². The maximum Gasteiger partial charge on any atom is 0.228 e. The van der Waals surface area contributed by atoms with E-state index in [1.807, 2.05) is 22.4 Å². The first-order valence-corrected chi connectivity index (χ1v) is 12.5. The van der Waals surface area contributed by atoms with Crippen LogP contribution in [0.2, 0.25) is 0 Å². The molecule has 2 amide bonds. The lowest BCUT2D eigenvalue weighted by atomic mass is 10.1. The van der Waals surface area contributed by atoms with E-state index in [0.717, 1.165) is 17.7 Å². The molecule has 28 heavy (non-hydrogen) atoms. The number of thiophene rings is 1. The Kier molecular flexibility index (Phi) is 5.76. The molecule has 3 saturated heterocycles. The highest BCUT2D eigenvalue weighted by atomic mass is 32.2. The lowest BCUT2D eigenvalue weighted by Crippen LogP contribution is -2.42. The van der Waals surface area contributed by atoms with Crippen molar-refractivity contribution < 1.29 is 22.7 Å². The summed E-state index contributed by atoms with van der Waals surface area (Å²) >= 11 is 1.45. The number of carbonyl (C=O) groups excluding carboxylic acids is 2. The van der Waals surface area contributed by atoms with Crippen molar-refractivity contribution in [1.29, 1.82) is 0 Å². The lowest BCUT2D eigenvalue weighted by Gasteiger charge is -2.31. The highest BCUT2D eigenvalue weighted by Gasteiger charge is 2.41. The van der Waals surface area contributed by atoms with Crippen molar-refractivity contribution in [2.75, 3.05) is 38.6 Å². The number of hydrogen-bond donors (Lipinski definition) is 0. The summed E-state index contributed by atoms with van der Waals surface area (Å²) in [6.07, 6.45) is 2.28. The fraction of sp³-hybridized carbons (Fsp3) is 0.684. The molecule has 4 heterocycles. The first kappa shape index (κ1) is 19.8. The molecule has 3 fully saturated rings. The van der Waals surface area contributed by atoms with Crippen LogP contribution in [-0.2, 0) is 24.2 Å². The van der Waals surface area contributed by atoms with E-state index in [9.17, 15) is 18.0 Å². The van der Waals surface area contributed by atoms with E-state index in [1.54, 1.807) is 4.90 Å². The molecule has 154 valence electrons. The second-order valence-corrected chi connectivity index (χ2v) is 11.1. The fourth-order valence-corrected chi connectivity index (χ4v) is 7.47. The van der Waals surface area contributed by atoms with Crippen LogP contribution in [0.5, 0.6) is 0 Å². The molecule has 1 aromatic heterocycles. The quantitative estimate of drug-likeness (QED) is 0.731. The standard InChI is InChI=1S/C19H26N2O5S2/c22-18-12-14(13-21(18)15-4-8-26-9-5-15)19(23)20-6-3-17(16-2-1-10-27-16)28(24,25)11-7-20/h1-2,10,14-15,17H,3-9,11-13H2/t14-,17-/m0/s1. The smallest absolute Gasteiger partial charge is 0.228 e. The van der Waals surface area contributed by atoms with Gasteiger partial charge in [-0.3, -0.25) is 9.59 Å². The Morgan fingerprint density at radius 1 is 1.18 bits per heavy atom. The molecule has 0 radical (unpaired) electrons. The molecule has 0 bridgehead atoms. The summed E-state index contributed by atoms with van der Waals surface area (Å²) in [5.41, 5.74) is 0. The Labute approximate surface area is 169 Å². The third-order valence-corrected chi connectivity index (χ3v) is 9.30. The first-order chi connectivity index (χ1) is 13.5. The van der Waals surface area contributed by atoms with Gasteiger partial charge in [-0.2, -0.15) is 0 Å². The van der Waals surface area contributed by atoms with E-state index in [4.69, 9.17) is 4.74 Å². The number of nitrogens with zero attached hydrogens (tertiary/aromatic N) is 2. The van der Waals surface area contributed by atoms with E-state index in [0.29, 0.717) is 32.7 Å². The molecule has 7 nitrogen and oxygen atoms in total. The summed E-state index contributed by atoms with van der Waals surface area (Å²) in [5.74, 6) is -0.434. The number of likely N-dealkylation sites (tertiary alicyclic amines) is 1. The van der Waals surface area contributed by atoms with Crippen LogP contribution in [0.1, 0.15) is 35.8 Å². The van der Waals surface area contributed by atoms with Crippen LogP contribution in [0.25, 0.3) is 0 Å². The monoisotopic (exact) mass is 426 g/mol. The number of sulfone groups is 1. The van der Waals surface area contributed by atoms with Crippen molar-refractivity contribution in [3.8, 4) is 0 Å². The molecule has 1 aromatic rings. The van der Waals surface area contributed by atoms with E-state index >= 15 is 0 Å². The highest BCUT2D eigenvalue weighted by molar-refractivity contribution is 7.91. The van der Waals surface area contributed by atoms with Crippen LogP contribution >= 0.6 is 11.3 Å². The minimum atomic E-state index is -3.29. The molecule has 0 aromatic carbocycles. The minimum absolute atomic E-state index is 0.0222. The van der Waals surface area contributed by atoms with Crippen LogP contribution in [0.3, 0.4) is 0 Å².